The van der Waals surface area contributed by atoms with Gasteiger partial charge in [-0.25, -0.2) is 0 Å². The minimum absolute atomic E-state index is 0.0143. The van der Waals surface area contributed by atoms with Gasteiger partial charge in [-0.05, 0) is 48.4 Å². The van der Waals surface area contributed by atoms with Crippen molar-refractivity contribution in [1.29, 1.82) is 0 Å². The van der Waals surface area contributed by atoms with E-state index in [0.717, 1.165) is 11.1 Å². The summed E-state index contributed by atoms with van der Waals surface area (Å²) in [5.41, 5.74) is 3.93. The molecule has 0 spiro atoms. The average molecular weight is 449 g/mol. The molecule has 164 valence electrons. The molecule has 4 rings (SSSR count). The van der Waals surface area contributed by atoms with E-state index in [9.17, 15) is 9.59 Å². The molecule has 1 heterocycles. The second-order valence-corrected chi connectivity index (χ2v) is 8.42. The predicted octanol–water partition coefficient (Wildman–Crippen LogP) is 5.04. The van der Waals surface area contributed by atoms with Crippen LogP contribution < -0.4 is 19.7 Å². The van der Waals surface area contributed by atoms with Gasteiger partial charge >= 0.3 is 0 Å². The Labute approximate surface area is 191 Å². The van der Waals surface area contributed by atoms with Crippen molar-refractivity contribution in [3.8, 4) is 11.5 Å². The van der Waals surface area contributed by atoms with Crippen LogP contribution in [-0.2, 0) is 4.79 Å². The summed E-state index contributed by atoms with van der Waals surface area (Å²) in [5.74, 6) is 1.49. The van der Waals surface area contributed by atoms with Crippen molar-refractivity contribution < 1.29 is 19.1 Å². The standard InChI is InChI=1S/C25H24N2O4S/c1-16-6-4-5-7-20(16)24(29)26-18-10-8-17(9-11-18)25-27(23(28)15-32-25)21-13-12-19(30-2)14-22(21)31-3/h4-14,25H,15H2,1-3H3,(H,26,29). The van der Waals surface area contributed by atoms with E-state index in [4.69, 9.17) is 9.47 Å². The minimum atomic E-state index is -0.189. The largest absolute Gasteiger partial charge is 0.497 e. The van der Waals surface area contributed by atoms with E-state index in [-0.39, 0.29) is 17.2 Å². The van der Waals surface area contributed by atoms with E-state index in [2.05, 4.69) is 5.32 Å². The van der Waals surface area contributed by atoms with Gasteiger partial charge in [0.2, 0.25) is 5.91 Å². The summed E-state index contributed by atoms with van der Waals surface area (Å²) in [6, 6.07) is 20.5. The zero-order valence-electron chi connectivity index (χ0n) is 18.1. The molecule has 1 aliphatic heterocycles. The fraction of sp³-hybridized carbons (Fsp3) is 0.200. The van der Waals surface area contributed by atoms with E-state index >= 15 is 0 Å². The lowest BCUT2D eigenvalue weighted by Gasteiger charge is -2.26. The zero-order chi connectivity index (χ0) is 22.7. The van der Waals surface area contributed by atoms with Gasteiger partial charge in [0.1, 0.15) is 16.9 Å². The Morgan fingerprint density at radius 1 is 1.03 bits per heavy atom. The Morgan fingerprint density at radius 2 is 1.78 bits per heavy atom. The highest BCUT2D eigenvalue weighted by Crippen LogP contribution is 2.45. The molecule has 0 aromatic heterocycles. The third kappa shape index (κ3) is 4.29. The van der Waals surface area contributed by atoms with Crippen LogP contribution in [0.1, 0.15) is 26.9 Å². The second kappa shape index (κ2) is 9.36. The first-order chi connectivity index (χ1) is 15.5. The average Bonchev–Trinajstić information content (AvgIpc) is 3.20. The Hall–Kier alpha value is -3.45. The van der Waals surface area contributed by atoms with E-state index in [0.29, 0.717) is 34.2 Å². The maximum atomic E-state index is 12.7. The maximum Gasteiger partial charge on any atom is 0.255 e. The van der Waals surface area contributed by atoms with E-state index in [1.54, 1.807) is 43.0 Å². The Bertz CT molecular complexity index is 1150. The Balaban J connectivity index is 1.56. The highest BCUT2D eigenvalue weighted by atomic mass is 32.2. The summed E-state index contributed by atoms with van der Waals surface area (Å²) in [6.45, 7) is 1.91. The number of methoxy groups -OCH3 is 2. The zero-order valence-corrected chi connectivity index (χ0v) is 18.9. The molecule has 1 atom stereocenters. The fourth-order valence-corrected chi connectivity index (χ4v) is 4.84. The molecule has 1 N–H and O–H groups in total. The first kappa shape index (κ1) is 21.8. The van der Waals surface area contributed by atoms with Crippen molar-refractivity contribution in [2.45, 2.75) is 12.3 Å². The number of benzene rings is 3. The third-order valence-corrected chi connectivity index (χ3v) is 6.57. The summed E-state index contributed by atoms with van der Waals surface area (Å²) >= 11 is 1.56. The van der Waals surface area contributed by atoms with Crippen LogP contribution in [0.4, 0.5) is 11.4 Å². The summed E-state index contributed by atoms with van der Waals surface area (Å²) in [4.78, 5) is 27.1. The summed E-state index contributed by atoms with van der Waals surface area (Å²) in [7, 11) is 3.17. The lowest BCUT2D eigenvalue weighted by atomic mass is 10.1. The van der Waals surface area contributed by atoms with Crippen molar-refractivity contribution in [2.75, 3.05) is 30.2 Å². The molecule has 1 aliphatic rings. The SMILES string of the molecule is COc1ccc(N2C(=O)CSC2c2ccc(NC(=O)c3ccccc3C)cc2)c(OC)c1. The number of anilines is 2. The first-order valence-corrected chi connectivity index (χ1v) is 11.2. The van der Waals surface area contributed by atoms with Gasteiger partial charge in [0, 0.05) is 17.3 Å². The van der Waals surface area contributed by atoms with Crippen molar-refractivity contribution in [2.24, 2.45) is 0 Å². The van der Waals surface area contributed by atoms with Gasteiger partial charge in [-0.15, -0.1) is 11.8 Å². The number of carbonyl (C=O) groups excluding carboxylic acids is 2. The fourth-order valence-electron chi connectivity index (χ4n) is 3.67. The first-order valence-electron chi connectivity index (χ1n) is 10.1. The number of aryl methyl sites for hydroxylation is 1. The molecule has 0 aliphatic carbocycles. The number of hydrogen-bond acceptors (Lipinski definition) is 5. The smallest absolute Gasteiger partial charge is 0.255 e. The second-order valence-electron chi connectivity index (χ2n) is 7.36. The van der Waals surface area contributed by atoms with Crippen molar-refractivity contribution in [1.82, 2.24) is 0 Å². The third-order valence-electron chi connectivity index (χ3n) is 5.36. The summed E-state index contributed by atoms with van der Waals surface area (Å²) in [5, 5.41) is 2.75. The van der Waals surface area contributed by atoms with Crippen molar-refractivity contribution in [3.63, 3.8) is 0 Å². The number of hydrogen-bond donors (Lipinski definition) is 1. The number of ether oxygens (including phenoxy) is 2. The quantitative estimate of drug-likeness (QED) is 0.572. The summed E-state index contributed by atoms with van der Waals surface area (Å²) < 4.78 is 10.8. The lowest BCUT2D eigenvalue weighted by molar-refractivity contribution is -0.115. The number of carbonyl (C=O) groups is 2. The molecule has 1 fully saturated rings. The Morgan fingerprint density at radius 3 is 2.47 bits per heavy atom. The summed E-state index contributed by atoms with van der Waals surface area (Å²) in [6.07, 6.45) is 0. The number of rotatable bonds is 6. The van der Waals surface area contributed by atoms with E-state index in [1.807, 2.05) is 61.5 Å². The van der Waals surface area contributed by atoms with Gasteiger partial charge in [-0.2, -0.15) is 0 Å². The van der Waals surface area contributed by atoms with Crippen LogP contribution in [0.15, 0.2) is 66.7 Å². The molecule has 32 heavy (non-hydrogen) atoms. The lowest BCUT2D eigenvalue weighted by Crippen LogP contribution is -2.28. The molecule has 3 aromatic carbocycles. The molecular formula is C25H24N2O4S. The molecule has 0 radical (unpaired) electrons. The van der Waals surface area contributed by atoms with Gasteiger partial charge in [0.15, 0.2) is 0 Å². The molecule has 1 saturated heterocycles. The van der Waals surface area contributed by atoms with Gasteiger partial charge in [0.05, 0.1) is 25.7 Å². The van der Waals surface area contributed by atoms with Crippen LogP contribution in [0, 0.1) is 6.92 Å². The number of nitrogens with zero attached hydrogens (tertiary/aromatic N) is 1. The minimum Gasteiger partial charge on any atom is -0.497 e. The molecule has 0 saturated carbocycles. The molecule has 1 unspecified atom stereocenters. The van der Waals surface area contributed by atoms with E-state index < -0.39 is 0 Å². The van der Waals surface area contributed by atoms with Crippen molar-refractivity contribution >= 4 is 35.0 Å². The molecular weight excluding hydrogens is 424 g/mol. The maximum absolute atomic E-state index is 12.7. The molecule has 6 nitrogen and oxygen atoms in total. The van der Waals surface area contributed by atoms with Crippen LogP contribution in [-0.4, -0.2) is 31.8 Å². The highest BCUT2D eigenvalue weighted by Gasteiger charge is 2.35. The normalized spacial score (nSPS) is 15.5. The number of amides is 2. The topological polar surface area (TPSA) is 67.9 Å². The van der Waals surface area contributed by atoms with Crippen molar-refractivity contribution in [3.05, 3.63) is 83.4 Å². The predicted molar refractivity (Wildman–Crippen MR) is 128 cm³/mol. The van der Waals surface area contributed by atoms with Crippen LogP contribution in [0.3, 0.4) is 0 Å². The van der Waals surface area contributed by atoms with Crippen LogP contribution in [0.2, 0.25) is 0 Å². The molecule has 3 aromatic rings. The van der Waals surface area contributed by atoms with Gasteiger partial charge in [-0.1, -0.05) is 30.3 Å². The highest BCUT2D eigenvalue weighted by molar-refractivity contribution is 8.00. The van der Waals surface area contributed by atoms with Crippen LogP contribution in [0.5, 0.6) is 11.5 Å². The van der Waals surface area contributed by atoms with Gasteiger partial charge in [0.25, 0.3) is 5.91 Å². The monoisotopic (exact) mass is 448 g/mol. The van der Waals surface area contributed by atoms with Gasteiger partial charge < -0.3 is 14.8 Å². The van der Waals surface area contributed by atoms with Crippen LogP contribution in [0.25, 0.3) is 0 Å². The number of thioether (sulfide) groups is 1. The molecule has 7 heteroatoms. The Kier molecular flexibility index (Phi) is 6.37. The molecule has 0 bridgehead atoms. The van der Waals surface area contributed by atoms with Crippen LogP contribution >= 0.6 is 11.8 Å². The molecule has 2 amide bonds. The van der Waals surface area contributed by atoms with E-state index in [1.165, 1.54) is 0 Å². The van der Waals surface area contributed by atoms with Gasteiger partial charge in [-0.3, -0.25) is 14.5 Å². The number of nitrogens with one attached hydrogen (secondary N) is 1.